The summed E-state index contributed by atoms with van der Waals surface area (Å²) in [6, 6.07) is 14.6. The minimum atomic E-state index is -0.893. The molecule has 6 heteroatoms. The molecule has 0 saturated carbocycles. The normalized spacial score (nSPS) is 11.2. The van der Waals surface area contributed by atoms with Crippen molar-refractivity contribution in [2.45, 2.75) is 13.0 Å². The smallest absolute Gasteiger partial charge is 0.333 e. The van der Waals surface area contributed by atoms with Gasteiger partial charge >= 0.3 is 12.0 Å². The molecule has 6 nitrogen and oxygen atoms in total. The first kappa shape index (κ1) is 17.3. The zero-order chi connectivity index (χ0) is 17.4. The molecule has 0 aliphatic carbocycles. The molecule has 24 heavy (non-hydrogen) atoms. The Morgan fingerprint density at radius 3 is 2.38 bits per heavy atom. The second-order valence-electron chi connectivity index (χ2n) is 4.89. The number of hydrogen-bond donors (Lipinski definition) is 2. The summed E-state index contributed by atoms with van der Waals surface area (Å²) in [5.41, 5.74) is 1.16. The molecule has 2 rings (SSSR count). The van der Waals surface area contributed by atoms with E-state index in [9.17, 15) is 9.59 Å². The van der Waals surface area contributed by atoms with Crippen LogP contribution in [0.25, 0.3) is 0 Å². The van der Waals surface area contributed by atoms with Gasteiger partial charge in [-0.25, -0.2) is 9.59 Å². The molecule has 1 atom stereocenters. The number of urea groups is 1. The minimum Gasteiger partial charge on any atom is -0.492 e. The molecule has 2 aromatic carbocycles. The van der Waals surface area contributed by atoms with E-state index in [4.69, 9.17) is 9.47 Å². The number of carbonyl (C=O) groups excluding carboxylic acids is 2. The number of anilines is 1. The molecule has 126 valence electrons. The van der Waals surface area contributed by atoms with E-state index in [1.54, 1.807) is 42.5 Å². The third kappa shape index (κ3) is 4.49. The lowest BCUT2D eigenvalue weighted by Crippen LogP contribution is -2.37. The van der Waals surface area contributed by atoms with Crippen LogP contribution in [0.3, 0.4) is 0 Å². The molecule has 0 bridgehead atoms. The minimum absolute atomic E-state index is 0.481. The Morgan fingerprint density at radius 2 is 1.71 bits per heavy atom. The number of benzene rings is 2. The zero-order valence-electron chi connectivity index (χ0n) is 13.6. The predicted octanol–water partition coefficient (Wildman–Crippen LogP) is 3.12. The van der Waals surface area contributed by atoms with Crippen LogP contribution < -0.4 is 15.4 Å². The maximum atomic E-state index is 12.3. The van der Waals surface area contributed by atoms with Gasteiger partial charge in [-0.15, -0.1) is 0 Å². The van der Waals surface area contributed by atoms with Gasteiger partial charge in [0, 0.05) is 0 Å². The van der Waals surface area contributed by atoms with Crippen LogP contribution in [-0.4, -0.2) is 25.7 Å². The quantitative estimate of drug-likeness (QED) is 0.799. The van der Waals surface area contributed by atoms with Gasteiger partial charge in [-0.1, -0.05) is 42.5 Å². The molecule has 0 aliphatic heterocycles. The number of carbonyl (C=O) groups is 2. The van der Waals surface area contributed by atoms with E-state index in [1.165, 1.54) is 7.11 Å². The fourth-order valence-electron chi connectivity index (χ4n) is 2.18. The molecule has 0 spiro atoms. The highest BCUT2D eigenvalue weighted by molar-refractivity contribution is 5.94. The van der Waals surface area contributed by atoms with Gasteiger partial charge in [-0.3, -0.25) is 0 Å². The first-order chi connectivity index (χ1) is 11.7. The average Bonchev–Trinajstić information content (AvgIpc) is 2.61. The second-order valence-corrected chi connectivity index (χ2v) is 4.89. The molecule has 2 N–H and O–H groups in total. The maximum absolute atomic E-state index is 12.3. The van der Waals surface area contributed by atoms with Crippen molar-refractivity contribution >= 4 is 17.7 Å². The number of rotatable bonds is 6. The summed E-state index contributed by atoms with van der Waals surface area (Å²) in [6.07, 6.45) is 0. The highest BCUT2D eigenvalue weighted by atomic mass is 16.5. The number of esters is 1. The summed E-state index contributed by atoms with van der Waals surface area (Å²) < 4.78 is 10.2. The second kappa shape index (κ2) is 8.57. The van der Waals surface area contributed by atoms with Crippen molar-refractivity contribution in [2.75, 3.05) is 19.0 Å². The van der Waals surface area contributed by atoms with Crippen molar-refractivity contribution in [2.24, 2.45) is 0 Å². The van der Waals surface area contributed by atoms with E-state index in [-0.39, 0.29) is 0 Å². The molecule has 0 saturated heterocycles. The Bertz CT molecular complexity index is 688. The third-order valence-corrected chi connectivity index (χ3v) is 3.28. The lowest BCUT2D eigenvalue weighted by Gasteiger charge is -2.18. The highest BCUT2D eigenvalue weighted by Gasteiger charge is 2.23. The zero-order valence-corrected chi connectivity index (χ0v) is 13.6. The fourth-order valence-corrected chi connectivity index (χ4v) is 2.18. The SMILES string of the molecule is CCOc1ccccc1NC(=O)NC(C(=O)OC)c1ccccc1. The van der Waals surface area contributed by atoms with Crippen LogP contribution >= 0.6 is 0 Å². The third-order valence-electron chi connectivity index (χ3n) is 3.28. The Kier molecular flexibility index (Phi) is 6.19. The van der Waals surface area contributed by atoms with Crippen LogP contribution in [0.5, 0.6) is 5.75 Å². The topological polar surface area (TPSA) is 76.7 Å². The van der Waals surface area contributed by atoms with Gasteiger partial charge in [0.25, 0.3) is 0 Å². The van der Waals surface area contributed by atoms with Crippen molar-refractivity contribution in [3.8, 4) is 5.75 Å². The lowest BCUT2D eigenvalue weighted by atomic mass is 10.1. The fraction of sp³-hybridized carbons (Fsp3) is 0.222. The van der Waals surface area contributed by atoms with Crippen molar-refractivity contribution in [3.05, 3.63) is 60.2 Å². The van der Waals surface area contributed by atoms with E-state index < -0.39 is 18.0 Å². The van der Waals surface area contributed by atoms with Gasteiger partial charge in [0.1, 0.15) is 5.75 Å². The van der Waals surface area contributed by atoms with E-state index in [0.717, 1.165) is 0 Å². The monoisotopic (exact) mass is 328 g/mol. The summed E-state index contributed by atoms with van der Waals surface area (Å²) in [4.78, 5) is 24.3. The molecule has 0 heterocycles. The van der Waals surface area contributed by atoms with Crippen molar-refractivity contribution in [1.82, 2.24) is 5.32 Å². The predicted molar refractivity (Wildman–Crippen MR) is 91.0 cm³/mol. The summed E-state index contributed by atoms with van der Waals surface area (Å²) in [5, 5.41) is 5.31. The molecule has 0 radical (unpaired) electrons. The summed E-state index contributed by atoms with van der Waals surface area (Å²) in [7, 11) is 1.28. The Hall–Kier alpha value is -3.02. The highest BCUT2D eigenvalue weighted by Crippen LogP contribution is 2.24. The number of hydrogen-bond acceptors (Lipinski definition) is 4. The molecule has 1 unspecified atom stereocenters. The summed E-state index contributed by atoms with van der Waals surface area (Å²) in [5.74, 6) is 0.0129. The Labute approximate surface area is 140 Å². The molecule has 0 aromatic heterocycles. The van der Waals surface area contributed by atoms with Crippen molar-refractivity contribution in [3.63, 3.8) is 0 Å². The molecular weight excluding hydrogens is 308 g/mol. The Balaban J connectivity index is 2.13. The van der Waals surface area contributed by atoms with Crippen molar-refractivity contribution < 1.29 is 19.1 Å². The Morgan fingerprint density at radius 1 is 1.04 bits per heavy atom. The lowest BCUT2D eigenvalue weighted by molar-refractivity contribution is -0.143. The van der Waals surface area contributed by atoms with Crippen LogP contribution in [0.4, 0.5) is 10.5 Å². The maximum Gasteiger partial charge on any atom is 0.333 e. The summed E-state index contributed by atoms with van der Waals surface area (Å²) in [6.45, 7) is 2.34. The largest absolute Gasteiger partial charge is 0.492 e. The first-order valence-corrected chi connectivity index (χ1v) is 7.57. The van der Waals surface area contributed by atoms with Gasteiger partial charge in [0.15, 0.2) is 6.04 Å². The number of amides is 2. The number of methoxy groups -OCH3 is 1. The molecule has 2 amide bonds. The molecule has 2 aromatic rings. The number of para-hydroxylation sites is 2. The molecule has 0 fully saturated rings. The van der Waals surface area contributed by atoms with Gasteiger partial charge in [0.2, 0.25) is 0 Å². The van der Waals surface area contributed by atoms with E-state index in [0.29, 0.717) is 23.6 Å². The molecule has 0 aliphatic rings. The van der Waals surface area contributed by atoms with Crippen LogP contribution in [0.1, 0.15) is 18.5 Å². The van der Waals surface area contributed by atoms with E-state index in [2.05, 4.69) is 10.6 Å². The van der Waals surface area contributed by atoms with Gasteiger partial charge in [-0.05, 0) is 24.6 Å². The van der Waals surface area contributed by atoms with Crippen LogP contribution in [0, 0.1) is 0 Å². The average molecular weight is 328 g/mol. The number of ether oxygens (including phenoxy) is 2. The van der Waals surface area contributed by atoms with Crippen LogP contribution in [0.15, 0.2) is 54.6 Å². The first-order valence-electron chi connectivity index (χ1n) is 7.57. The van der Waals surface area contributed by atoms with Gasteiger partial charge in [-0.2, -0.15) is 0 Å². The number of nitrogens with one attached hydrogen (secondary N) is 2. The standard InChI is InChI=1S/C18H20N2O4/c1-3-24-15-12-8-7-11-14(15)19-18(22)20-16(17(21)23-2)13-9-5-4-6-10-13/h4-12,16H,3H2,1-2H3,(H2,19,20,22). The van der Waals surface area contributed by atoms with Gasteiger partial charge < -0.3 is 20.1 Å². The van der Waals surface area contributed by atoms with E-state index in [1.807, 2.05) is 19.1 Å². The molecular formula is C18H20N2O4. The van der Waals surface area contributed by atoms with Crippen LogP contribution in [0.2, 0.25) is 0 Å². The summed E-state index contributed by atoms with van der Waals surface area (Å²) >= 11 is 0. The van der Waals surface area contributed by atoms with E-state index >= 15 is 0 Å². The van der Waals surface area contributed by atoms with Crippen LogP contribution in [-0.2, 0) is 9.53 Å². The van der Waals surface area contributed by atoms with Gasteiger partial charge in [0.05, 0.1) is 19.4 Å². The van der Waals surface area contributed by atoms with Crippen molar-refractivity contribution in [1.29, 1.82) is 0 Å².